The predicted octanol–water partition coefficient (Wildman–Crippen LogP) is 0.287. The van der Waals surface area contributed by atoms with Gasteiger partial charge in [-0.1, -0.05) is 0 Å². The summed E-state index contributed by atoms with van der Waals surface area (Å²) >= 11 is 0. The molecule has 21 heavy (non-hydrogen) atoms. The lowest BCUT2D eigenvalue weighted by atomic mass is 10.3. The van der Waals surface area contributed by atoms with Crippen molar-refractivity contribution in [1.82, 2.24) is 14.9 Å². The van der Waals surface area contributed by atoms with Crippen molar-refractivity contribution >= 4 is 15.9 Å². The first-order valence-corrected chi connectivity index (χ1v) is 8.29. The molecule has 1 aliphatic rings. The fraction of sp³-hybridized carbons (Fsp3) is 0.615. The SMILES string of the molecule is CC(NCc1ccc(S(=O)(=O)N(C)C)o1)C(=O)NC1CC1. The number of nitrogens with one attached hydrogen (secondary N) is 2. The number of nitrogens with zero attached hydrogens (tertiary/aromatic N) is 1. The largest absolute Gasteiger partial charge is 0.447 e. The normalized spacial score (nSPS) is 17.0. The lowest BCUT2D eigenvalue weighted by Gasteiger charge is -2.12. The number of carbonyl (C=O) groups excluding carboxylic acids is 1. The van der Waals surface area contributed by atoms with E-state index in [2.05, 4.69) is 10.6 Å². The van der Waals surface area contributed by atoms with Crippen molar-refractivity contribution in [3.63, 3.8) is 0 Å². The van der Waals surface area contributed by atoms with Gasteiger partial charge in [-0.05, 0) is 31.9 Å². The van der Waals surface area contributed by atoms with Crippen LogP contribution in [0.1, 0.15) is 25.5 Å². The Bertz CT molecular complexity index is 605. The van der Waals surface area contributed by atoms with Gasteiger partial charge in [-0.15, -0.1) is 0 Å². The first-order chi connectivity index (χ1) is 9.80. The number of amides is 1. The highest BCUT2D eigenvalue weighted by Gasteiger charge is 2.26. The third-order valence-electron chi connectivity index (χ3n) is 3.27. The zero-order valence-corrected chi connectivity index (χ0v) is 13.2. The van der Waals surface area contributed by atoms with E-state index in [9.17, 15) is 13.2 Å². The number of carbonyl (C=O) groups is 1. The van der Waals surface area contributed by atoms with Crippen LogP contribution in [0.2, 0.25) is 0 Å². The molecule has 1 saturated carbocycles. The molecule has 0 bridgehead atoms. The summed E-state index contributed by atoms with van der Waals surface area (Å²) in [6.45, 7) is 2.06. The van der Waals surface area contributed by atoms with Crippen molar-refractivity contribution in [3.05, 3.63) is 17.9 Å². The summed E-state index contributed by atoms with van der Waals surface area (Å²) in [6, 6.07) is 2.97. The second-order valence-corrected chi connectivity index (χ2v) is 7.48. The van der Waals surface area contributed by atoms with Gasteiger partial charge in [0.1, 0.15) is 5.76 Å². The Morgan fingerprint density at radius 3 is 2.67 bits per heavy atom. The maximum atomic E-state index is 11.9. The van der Waals surface area contributed by atoms with Crippen LogP contribution in [-0.2, 0) is 21.4 Å². The van der Waals surface area contributed by atoms with Gasteiger partial charge in [0.15, 0.2) is 0 Å². The zero-order valence-electron chi connectivity index (χ0n) is 12.4. The predicted molar refractivity (Wildman–Crippen MR) is 77.0 cm³/mol. The van der Waals surface area contributed by atoms with E-state index in [1.54, 1.807) is 13.0 Å². The van der Waals surface area contributed by atoms with Gasteiger partial charge >= 0.3 is 0 Å². The lowest BCUT2D eigenvalue weighted by molar-refractivity contribution is -0.122. The smallest absolute Gasteiger partial charge is 0.275 e. The molecule has 1 unspecified atom stereocenters. The molecule has 1 fully saturated rings. The number of rotatable bonds is 7. The van der Waals surface area contributed by atoms with Crippen LogP contribution in [0, 0.1) is 0 Å². The minimum Gasteiger partial charge on any atom is -0.447 e. The van der Waals surface area contributed by atoms with Crippen LogP contribution in [0.25, 0.3) is 0 Å². The molecule has 2 N–H and O–H groups in total. The Labute approximate surface area is 124 Å². The molecule has 1 aromatic heterocycles. The zero-order chi connectivity index (χ0) is 15.6. The maximum absolute atomic E-state index is 11.9. The van der Waals surface area contributed by atoms with Crippen LogP contribution in [0.4, 0.5) is 0 Å². The van der Waals surface area contributed by atoms with Gasteiger partial charge in [0, 0.05) is 20.1 Å². The molecular formula is C13H21N3O4S. The molecule has 8 heteroatoms. The van der Waals surface area contributed by atoms with E-state index >= 15 is 0 Å². The Kier molecular flexibility index (Phi) is 4.70. The van der Waals surface area contributed by atoms with E-state index in [4.69, 9.17) is 4.42 Å². The number of hydrogen-bond acceptors (Lipinski definition) is 5. The Hall–Kier alpha value is -1.38. The first-order valence-electron chi connectivity index (χ1n) is 6.85. The topological polar surface area (TPSA) is 91.7 Å². The van der Waals surface area contributed by atoms with Gasteiger partial charge in [-0.25, -0.2) is 12.7 Å². The van der Waals surface area contributed by atoms with Crippen molar-refractivity contribution in [1.29, 1.82) is 0 Å². The second-order valence-electron chi connectivity index (χ2n) is 5.39. The summed E-state index contributed by atoms with van der Waals surface area (Å²) in [6.07, 6.45) is 2.09. The molecule has 7 nitrogen and oxygen atoms in total. The third-order valence-corrected chi connectivity index (χ3v) is 4.96. The summed E-state index contributed by atoms with van der Waals surface area (Å²) in [7, 11) is -0.670. The van der Waals surface area contributed by atoms with Gasteiger partial charge < -0.3 is 9.73 Å². The summed E-state index contributed by atoms with van der Waals surface area (Å²) in [5.41, 5.74) is 0. The molecule has 0 aliphatic heterocycles. The first kappa shape index (κ1) is 16.0. The standard InChI is InChI=1S/C13H21N3O4S/c1-9(13(17)15-10-4-5-10)14-8-11-6-7-12(20-11)21(18,19)16(2)3/h6-7,9-10,14H,4-5,8H2,1-3H3,(H,15,17). The summed E-state index contributed by atoms with van der Waals surface area (Å²) < 4.78 is 30.1. The highest BCUT2D eigenvalue weighted by Crippen LogP contribution is 2.19. The van der Waals surface area contributed by atoms with E-state index in [-0.39, 0.29) is 17.0 Å². The molecule has 0 saturated heterocycles. The molecule has 2 rings (SSSR count). The van der Waals surface area contributed by atoms with Crippen molar-refractivity contribution in [3.8, 4) is 0 Å². The molecule has 118 valence electrons. The van der Waals surface area contributed by atoms with Crippen molar-refractivity contribution in [2.45, 2.75) is 43.5 Å². The average molecular weight is 315 g/mol. The van der Waals surface area contributed by atoms with Crippen LogP contribution in [-0.4, -0.2) is 44.8 Å². The quantitative estimate of drug-likeness (QED) is 0.754. The third kappa shape index (κ3) is 4.05. The fourth-order valence-electron chi connectivity index (χ4n) is 1.67. The molecule has 1 aliphatic carbocycles. The molecular weight excluding hydrogens is 294 g/mol. The van der Waals surface area contributed by atoms with Crippen LogP contribution in [0.5, 0.6) is 0 Å². The number of furan rings is 1. The lowest BCUT2D eigenvalue weighted by Crippen LogP contribution is -2.42. The van der Waals surface area contributed by atoms with Crippen LogP contribution in [0.3, 0.4) is 0 Å². The molecule has 1 atom stereocenters. The van der Waals surface area contributed by atoms with E-state index in [1.807, 2.05) is 0 Å². The summed E-state index contributed by atoms with van der Waals surface area (Å²) in [4.78, 5) is 11.8. The Morgan fingerprint density at radius 2 is 2.10 bits per heavy atom. The highest BCUT2D eigenvalue weighted by molar-refractivity contribution is 7.88. The van der Waals surface area contributed by atoms with E-state index in [0.717, 1.165) is 17.1 Å². The number of hydrogen-bond donors (Lipinski definition) is 2. The molecule has 0 aromatic carbocycles. The summed E-state index contributed by atoms with van der Waals surface area (Å²) in [5.74, 6) is 0.423. The van der Waals surface area contributed by atoms with Gasteiger partial charge in [0.25, 0.3) is 10.0 Å². The molecule has 0 spiro atoms. The molecule has 1 aromatic rings. The van der Waals surface area contributed by atoms with Crippen molar-refractivity contribution in [2.75, 3.05) is 14.1 Å². The fourth-order valence-corrected chi connectivity index (χ4v) is 2.48. The van der Waals surface area contributed by atoms with Crippen LogP contribution < -0.4 is 10.6 Å². The van der Waals surface area contributed by atoms with Crippen molar-refractivity contribution in [2.24, 2.45) is 0 Å². The van der Waals surface area contributed by atoms with E-state index in [0.29, 0.717) is 18.3 Å². The minimum atomic E-state index is -3.56. The van der Waals surface area contributed by atoms with E-state index < -0.39 is 10.0 Å². The van der Waals surface area contributed by atoms with Gasteiger partial charge in [0.05, 0.1) is 12.6 Å². The average Bonchev–Trinajstić information content (AvgIpc) is 3.09. The number of sulfonamides is 1. The highest BCUT2D eigenvalue weighted by atomic mass is 32.2. The Morgan fingerprint density at radius 1 is 1.43 bits per heavy atom. The van der Waals surface area contributed by atoms with Gasteiger partial charge in [0.2, 0.25) is 11.0 Å². The van der Waals surface area contributed by atoms with Gasteiger partial charge in [-0.3, -0.25) is 10.1 Å². The van der Waals surface area contributed by atoms with Crippen LogP contribution in [0.15, 0.2) is 21.6 Å². The van der Waals surface area contributed by atoms with Gasteiger partial charge in [-0.2, -0.15) is 0 Å². The monoisotopic (exact) mass is 315 g/mol. The van der Waals surface area contributed by atoms with Crippen molar-refractivity contribution < 1.29 is 17.6 Å². The molecule has 1 heterocycles. The molecule has 0 radical (unpaired) electrons. The Balaban J connectivity index is 1.89. The minimum absolute atomic E-state index is 0.0507. The van der Waals surface area contributed by atoms with Crippen LogP contribution >= 0.6 is 0 Å². The maximum Gasteiger partial charge on any atom is 0.275 e. The van der Waals surface area contributed by atoms with E-state index in [1.165, 1.54) is 20.2 Å². The molecule has 1 amide bonds. The summed E-state index contributed by atoms with van der Waals surface area (Å²) in [5, 5.41) is 5.81. The second kappa shape index (κ2) is 6.17.